The summed E-state index contributed by atoms with van der Waals surface area (Å²) in [4.78, 5) is 42.1. The number of likely N-dealkylation sites (tertiary alicyclic amines) is 2. The van der Waals surface area contributed by atoms with Crippen LogP contribution in [0.25, 0.3) is 0 Å². The van der Waals surface area contributed by atoms with Crippen molar-refractivity contribution < 1.29 is 23.9 Å². The van der Waals surface area contributed by atoms with Crippen molar-refractivity contribution in [3.63, 3.8) is 0 Å². The summed E-state index contributed by atoms with van der Waals surface area (Å²) >= 11 is 0. The average Bonchev–Trinajstić information content (AvgIpc) is 2.83. The number of carbonyl (C=O) groups excluding carboxylic acids is 3. The third-order valence-electron chi connectivity index (χ3n) is 6.55. The number of ether oxygens (including phenoxy) is 2. The van der Waals surface area contributed by atoms with Crippen LogP contribution in [0.4, 0.5) is 4.79 Å². The van der Waals surface area contributed by atoms with Crippen LogP contribution in [0.5, 0.6) is 0 Å². The van der Waals surface area contributed by atoms with Gasteiger partial charge in [-0.3, -0.25) is 9.69 Å². The van der Waals surface area contributed by atoms with Gasteiger partial charge in [0.15, 0.2) is 0 Å². The fraction of sp³-hybridized carbons (Fsp3) is 0.880. The average molecular weight is 453 g/mol. The van der Waals surface area contributed by atoms with Crippen LogP contribution in [0, 0.1) is 0 Å². The van der Waals surface area contributed by atoms with Gasteiger partial charge in [-0.05, 0) is 51.4 Å². The van der Waals surface area contributed by atoms with Gasteiger partial charge in [0.2, 0.25) is 5.91 Å². The standard InChI is InChI=1S/C25H44N2O5/c1-3-5-7-8-9-14-20-31-24(29)22-16-11-12-17-26(22)23(28)21-15-10-13-18-27(21)25(30)32-19-6-4-2/h21-22H,3-20H2,1-2H3. The highest BCUT2D eigenvalue weighted by Gasteiger charge is 2.41. The molecule has 2 unspecified atom stereocenters. The van der Waals surface area contributed by atoms with Crippen molar-refractivity contribution in [2.75, 3.05) is 26.3 Å². The Morgan fingerprint density at radius 1 is 0.688 bits per heavy atom. The van der Waals surface area contributed by atoms with E-state index in [9.17, 15) is 14.4 Å². The molecule has 0 aliphatic carbocycles. The highest BCUT2D eigenvalue weighted by molar-refractivity contribution is 5.90. The van der Waals surface area contributed by atoms with Crippen LogP contribution in [0.2, 0.25) is 0 Å². The number of nitrogens with zero attached hydrogens (tertiary/aromatic N) is 2. The first kappa shape index (κ1) is 26.5. The molecule has 2 rings (SSSR count). The molecule has 0 aromatic heterocycles. The van der Waals surface area contributed by atoms with Crippen LogP contribution in [0.3, 0.4) is 0 Å². The van der Waals surface area contributed by atoms with Crippen molar-refractivity contribution in [3.05, 3.63) is 0 Å². The molecule has 0 N–H and O–H groups in total. The minimum Gasteiger partial charge on any atom is -0.464 e. The van der Waals surface area contributed by atoms with Gasteiger partial charge in [0.05, 0.1) is 13.2 Å². The number of amides is 2. The van der Waals surface area contributed by atoms with Crippen molar-refractivity contribution in [3.8, 4) is 0 Å². The summed E-state index contributed by atoms with van der Waals surface area (Å²) in [5, 5.41) is 0. The SMILES string of the molecule is CCCCCCCCOC(=O)C1CCCCN1C(=O)C1CCCCN1C(=O)OCCCC. The number of esters is 1. The fourth-order valence-corrected chi connectivity index (χ4v) is 4.58. The number of hydrogen-bond acceptors (Lipinski definition) is 5. The van der Waals surface area contributed by atoms with Gasteiger partial charge in [0.25, 0.3) is 0 Å². The summed E-state index contributed by atoms with van der Waals surface area (Å²) in [6.45, 7) is 6.11. The molecular weight excluding hydrogens is 408 g/mol. The van der Waals surface area contributed by atoms with Gasteiger partial charge in [0, 0.05) is 13.1 Å². The second-order valence-electron chi connectivity index (χ2n) is 9.15. The summed E-state index contributed by atoms with van der Waals surface area (Å²) in [5.74, 6) is -0.419. The van der Waals surface area contributed by atoms with Crippen molar-refractivity contribution in [2.45, 2.75) is 116 Å². The smallest absolute Gasteiger partial charge is 0.410 e. The van der Waals surface area contributed by atoms with Gasteiger partial charge in [-0.15, -0.1) is 0 Å². The molecule has 0 aromatic carbocycles. The number of hydrogen-bond donors (Lipinski definition) is 0. The Kier molecular flexibility index (Phi) is 12.5. The molecule has 7 nitrogen and oxygen atoms in total. The molecule has 0 bridgehead atoms. The minimum atomic E-state index is -0.537. The monoisotopic (exact) mass is 452 g/mol. The third kappa shape index (κ3) is 8.28. The molecule has 2 saturated heterocycles. The lowest BCUT2D eigenvalue weighted by Gasteiger charge is -2.40. The van der Waals surface area contributed by atoms with E-state index < -0.39 is 18.2 Å². The zero-order valence-corrected chi connectivity index (χ0v) is 20.3. The lowest BCUT2D eigenvalue weighted by atomic mass is 9.97. The largest absolute Gasteiger partial charge is 0.464 e. The first-order valence-corrected chi connectivity index (χ1v) is 13.0. The minimum absolute atomic E-state index is 0.127. The molecule has 0 radical (unpaired) electrons. The van der Waals surface area contributed by atoms with Gasteiger partial charge < -0.3 is 14.4 Å². The van der Waals surface area contributed by atoms with Gasteiger partial charge in [-0.25, -0.2) is 9.59 Å². The molecule has 7 heteroatoms. The fourth-order valence-electron chi connectivity index (χ4n) is 4.58. The second kappa shape index (κ2) is 15.1. The number of rotatable bonds is 12. The zero-order valence-electron chi connectivity index (χ0n) is 20.3. The van der Waals surface area contributed by atoms with E-state index >= 15 is 0 Å². The van der Waals surface area contributed by atoms with Crippen molar-refractivity contribution in [2.24, 2.45) is 0 Å². The Hall–Kier alpha value is -1.79. The third-order valence-corrected chi connectivity index (χ3v) is 6.55. The normalized spacial score (nSPS) is 21.3. The Morgan fingerprint density at radius 2 is 1.28 bits per heavy atom. The predicted octanol–water partition coefficient (Wildman–Crippen LogP) is 5.06. The molecule has 32 heavy (non-hydrogen) atoms. The van der Waals surface area contributed by atoms with E-state index in [-0.39, 0.29) is 11.9 Å². The molecule has 0 aromatic rings. The number of carbonyl (C=O) groups is 3. The molecule has 2 aliphatic heterocycles. The highest BCUT2D eigenvalue weighted by Crippen LogP contribution is 2.25. The molecule has 0 spiro atoms. The summed E-state index contributed by atoms with van der Waals surface area (Å²) in [6, 6.07) is -1.07. The molecule has 0 saturated carbocycles. The van der Waals surface area contributed by atoms with E-state index in [1.54, 1.807) is 9.80 Å². The van der Waals surface area contributed by atoms with Crippen molar-refractivity contribution in [1.29, 1.82) is 0 Å². The molecule has 2 heterocycles. The summed E-state index contributed by atoms with van der Waals surface area (Å²) < 4.78 is 10.9. The quantitative estimate of drug-likeness (QED) is 0.305. The van der Waals surface area contributed by atoms with Crippen molar-refractivity contribution in [1.82, 2.24) is 9.80 Å². The molecule has 2 amide bonds. The lowest BCUT2D eigenvalue weighted by Crippen LogP contribution is -2.58. The Labute approximate surface area is 194 Å². The van der Waals surface area contributed by atoms with Gasteiger partial charge in [0.1, 0.15) is 12.1 Å². The van der Waals surface area contributed by atoms with E-state index in [1.165, 1.54) is 25.7 Å². The van der Waals surface area contributed by atoms with E-state index in [0.29, 0.717) is 39.1 Å². The maximum Gasteiger partial charge on any atom is 0.410 e. The van der Waals surface area contributed by atoms with Crippen LogP contribution in [0.15, 0.2) is 0 Å². The van der Waals surface area contributed by atoms with Crippen LogP contribution in [-0.2, 0) is 19.1 Å². The highest BCUT2D eigenvalue weighted by atomic mass is 16.6. The summed E-state index contributed by atoms with van der Waals surface area (Å²) in [5.41, 5.74) is 0. The van der Waals surface area contributed by atoms with Crippen molar-refractivity contribution >= 4 is 18.0 Å². The zero-order chi connectivity index (χ0) is 23.2. The van der Waals surface area contributed by atoms with Gasteiger partial charge >= 0.3 is 12.1 Å². The first-order valence-electron chi connectivity index (χ1n) is 13.0. The molecule has 2 aliphatic rings. The Bertz CT molecular complexity index is 583. The maximum atomic E-state index is 13.5. The predicted molar refractivity (Wildman–Crippen MR) is 124 cm³/mol. The molecular formula is C25H44N2O5. The Balaban J connectivity index is 1.90. The second-order valence-corrected chi connectivity index (χ2v) is 9.15. The Morgan fingerprint density at radius 3 is 2.00 bits per heavy atom. The van der Waals surface area contributed by atoms with E-state index in [1.807, 2.05) is 6.92 Å². The van der Waals surface area contributed by atoms with E-state index in [4.69, 9.17) is 9.47 Å². The van der Waals surface area contributed by atoms with Gasteiger partial charge in [-0.1, -0.05) is 52.4 Å². The van der Waals surface area contributed by atoms with Crippen LogP contribution in [0.1, 0.15) is 104 Å². The van der Waals surface area contributed by atoms with Crippen LogP contribution < -0.4 is 0 Å². The van der Waals surface area contributed by atoms with Gasteiger partial charge in [-0.2, -0.15) is 0 Å². The molecule has 184 valence electrons. The van der Waals surface area contributed by atoms with Crippen LogP contribution >= 0.6 is 0 Å². The van der Waals surface area contributed by atoms with Crippen LogP contribution in [-0.4, -0.2) is 66.2 Å². The molecule has 2 atom stereocenters. The topological polar surface area (TPSA) is 76.2 Å². The summed E-state index contributed by atoms with van der Waals surface area (Å²) in [7, 11) is 0. The number of unbranched alkanes of at least 4 members (excludes halogenated alkanes) is 6. The van der Waals surface area contributed by atoms with E-state index in [2.05, 4.69) is 6.92 Å². The first-order chi connectivity index (χ1) is 15.6. The summed E-state index contributed by atoms with van der Waals surface area (Å²) in [6.07, 6.45) is 13.0. The lowest BCUT2D eigenvalue weighted by molar-refractivity contribution is -0.159. The maximum absolute atomic E-state index is 13.5. The van der Waals surface area contributed by atoms with E-state index in [0.717, 1.165) is 51.4 Å². The molecule has 2 fully saturated rings. The number of piperidine rings is 2.